The third-order valence-corrected chi connectivity index (χ3v) is 5.90. The van der Waals surface area contributed by atoms with Gasteiger partial charge in [-0.15, -0.1) is 17.8 Å². The number of aryl methyl sites for hydroxylation is 1. The van der Waals surface area contributed by atoms with Crippen molar-refractivity contribution in [2.75, 3.05) is 11.9 Å². The van der Waals surface area contributed by atoms with Gasteiger partial charge in [0, 0.05) is 11.3 Å². The lowest BCUT2D eigenvalue weighted by molar-refractivity contribution is 0.102. The summed E-state index contributed by atoms with van der Waals surface area (Å²) >= 11 is 1.55. The van der Waals surface area contributed by atoms with Crippen LogP contribution >= 0.6 is 11.3 Å². The van der Waals surface area contributed by atoms with E-state index in [1.807, 2.05) is 19.1 Å². The predicted octanol–water partition coefficient (Wildman–Crippen LogP) is 2.77. The van der Waals surface area contributed by atoms with E-state index in [1.54, 1.807) is 17.4 Å². The van der Waals surface area contributed by atoms with Gasteiger partial charge in [0.2, 0.25) is 10.0 Å². The number of hydrogen-bond acceptors (Lipinski definition) is 5. The number of carbonyl (C=O) groups is 1. The van der Waals surface area contributed by atoms with Gasteiger partial charge in [0.25, 0.3) is 5.91 Å². The van der Waals surface area contributed by atoms with Gasteiger partial charge in [0.1, 0.15) is 0 Å². The quantitative estimate of drug-likeness (QED) is 0.661. The van der Waals surface area contributed by atoms with E-state index in [0.717, 1.165) is 15.2 Å². The molecule has 0 radical (unpaired) electrons. The molecule has 0 fully saturated rings. The van der Waals surface area contributed by atoms with Crippen molar-refractivity contribution in [3.63, 3.8) is 0 Å². The monoisotopic (exact) mass is 385 g/mol. The number of benzene rings is 2. The van der Waals surface area contributed by atoms with Crippen LogP contribution in [0.2, 0.25) is 0 Å². The number of nitrogens with one attached hydrogen (secondary N) is 2. The number of anilines is 1. The number of nitrogens with zero attached hydrogens (tertiary/aromatic N) is 1. The van der Waals surface area contributed by atoms with Crippen LogP contribution in [-0.4, -0.2) is 25.9 Å². The van der Waals surface area contributed by atoms with Crippen molar-refractivity contribution in [2.24, 2.45) is 0 Å². The van der Waals surface area contributed by atoms with Crippen LogP contribution in [0.15, 0.2) is 47.4 Å². The van der Waals surface area contributed by atoms with Crippen molar-refractivity contribution in [3.05, 3.63) is 53.0 Å². The second kappa shape index (κ2) is 7.25. The number of sulfonamides is 1. The Kier molecular flexibility index (Phi) is 5.04. The number of terminal acetylenes is 1. The standard InChI is InChI=1S/C18H15N3O3S2/c1-3-10-19-26(23,24)15-7-4-13(5-8-15)18(22)21-14-6-9-16-17(11-14)25-12(2)20-16/h1,4-9,11,19H,10H2,2H3,(H,21,22). The minimum absolute atomic E-state index is 0.0471. The molecule has 0 unspecified atom stereocenters. The lowest BCUT2D eigenvalue weighted by Crippen LogP contribution is -2.24. The molecule has 3 aromatic rings. The molecule has 26 heavy (non-hydrogen) atoms. The lowest BCUT2D eigenvalue weighted by Gasteiger charge is -2.07. The molecule has 0 saturated carbocycles. The van der Waals surface area contributed by atoms with E-state index in [9.17, 15) is 13.2 Å². The second-order valence-electron chi connectivity index (χ2n) is 5.42. The molecule has 3 rings (SSSR count). The summed E-state index contributed by atoms with van der Waals surface area (Å²) in [4.78, 5) is 16.8. The fourth-order valence-corrected chi connectivity index (χ4v) is 4.13. The Morgan fingerprint density at radius 1 is 1.23 bits per heavy atom. The summed E-state index contributed by atoms with van der Waals surface area (Å²) in [7, 11) is -3.68. The first-order valence-corrected chi connectivity index (χ1v) is 9.91. The third-order valence-electron chi connectivity index (χ3n) is 3.54. The van der Waals surface area contributed by atoms with Crippen LogP contribution in [0.25, 0.3) is 10.2 Å². The Hall–Kier alpha value is -2.73. The van der Waals surface area contributed by atoms with E-state index < -0.39 is 10.0 Å². The molecule has 0 spiro atoms. The molecular weight excluding hydrogens is 370 g/mol. The lowest BCUT2D eigenvalue weighted by atomic mass is 10.2. The van der Waals surface area contributed by atoms with Crippen molar-refractivity contribution < 1.29 is 13.2 Å². The zero-order valence-electron chi connectivity index (χ0n) is 13.8. The number of aromatic nitrogens is 1. The summed E-state index contributed by atoms with van der Waals surface area (Å²) in [5.41, 5.74) is 1.89. The van der Waals surface area contributed by atoms with Crippen LogP contribution in [0.5, 0.6) is 0 Å². The van der Waals surface area contributed by atoms with Gasteiger partial charge in [-0.1, -0.05) is 5.92 Å². The van der Waals surface area contributed by atoms with Crippen LogP contribution in [0.4, 0.5) is 5.69 Å². The highest BCUT2D eigenvalue weighted by molar-refractivity contribution is 7.89. The number of carbonyl (C=O) groups excluding carboxylic acids is 1. The van der Waals surface area contributed by atoms with Crippen molar-refractivity contribution >= 4 is 43.2 Å². The average Bonchev–Trinajstić information content (AvgIpc) is 2.99. The van der Waals surface area contributed by atoms with Crippen molar-refractivity contribution in [2.45, 2.75) is 11.8 Å². The van der Waals surface area contributed by atoms with Crippen LogP contribution in [0, 0.1) is 19.3 Å². The highest BCUT2D eigenvalue weighted by atomic mass is 32.2. The summed E-state index contributed by atoms with van der Waals surface area (Å²) in [6.45, 7) is 1.83. The molecular formula is C18H15N3O3S2. The molecule has 0 aliphatic carbocycles. The van der Waals surface area contributed by atoms with E-state index >= 15 is 0 Å². The van der Waals surface area contributed by atoms with Gasteiger partial charge in [-0.05, 0) is 49.4 Å². The van der Waals surface area contributed by atoms with Gasteiger partial charge in [-0.2, -0.15) is 4.72 Å². The maximum atomic E-state index is 12.4. The molecule has 0 atom stereocenters. The molecule has 2 N–H and O–H groups in total. The molecule has 6 nitrogen and oxygen atoms in total. The molecule has 0 bridgehead atoms. The van der Waals surface area contributed by atoms with Gasteiger partial charge in [0.05, 0.1) is 26.7 Å². The van der Waals surface area contributed by atoms with Crippen LogP contribution in [-0.2, 0) is 10.0 Å². The first-order chi connectivity index (χ1) is 12.4. The van der Waals surface area contributed by atoms with Crippen molar-refractivity contribution in [1.82, 2.24) is 9.71 Å². The van der Waals surface area contributed by atoms with Gasteiger partial charge in [0.15, 0.2) is 0 Å². The highest BCUT2D eigenvalue weighted by Gasteiger charge is 2.14. The fraction of sp³-hybridized carbons (Fsp3) is 0.111. The van der Waals surface area contributed by atoms with Gasteiger partial charge in [-0.25, -0.2) is 13.4 Å². The molecule has 1 heterocycles. The van der Waals surface area contributed by atoms with Gasteiger partial charge in [-0.3, -0.25) is 4.79 Å². The minimum Gasteiger partial charge on any atom is -0.322 e. The molecule has 0 aliphatic heterocycles. The number of hydrogen-bond donors (Lipinski definition) is 2. The molecule has 1 amide bonds. The third kappa shape index (κ3) is 3.91. The Morgan fingerprint density at radius 3 is 2.65 bits per heavy atom. The van der Waals surface area contributed by atoms with E-state index in [1.165, 1.54) is 24.3 Å². The van der Waals surface area contributed by atoms with E-state index in [0.29, 0.717) is 11.3 Å². The molecule has 8 heteroatoms. The van der Waals surface area contributed by atoms with E-state index in [2.05, 4.69) is 20.9 Å². The zero-order chi connectivity index (χ0) is 18.7. The number of thiazole rings is 1. The maximum Gasteiger partial charge on any atom is 0.255 e. The smallest absolute Gasteiger partial charge is 0.255 e. The van der Waals surface area contributed by atoms with Crippen molar-refractivity contribution in [3.8, 4) is 12.3 Å². The predicted molar refractivity (Wildman–Crippen MR) is 103 cm³/mol. The first kappa shape index (κ1) is 18.1. The van der Waals surface area contributed by atoms with Gasteiger partial charge >= 0.3 is 0 Å². The van der Waals surface area contributed by atoms with Gasteiger partial charge < -0.3 is 5.32 Å². The largest absolute Gasteiger partial charge is 0.322 e. The normalized spacial score (nSPS) is 11.2. The van der Waals surface area contributed by atoms with Crippen LogP contribution in [0.1, 0.15) is 15.4 Å². The Labute approximate surface area is 155 Å². The van der Waals surface area contributed by atoms with Crippen LogP contribution < -0.4 is 10.0 Å². The average molecular weight is 385 g/mol. The molecule has 0 saturated heterocycles. The molecule has 132 valence electrons. The summed E-state index contributed by atoms with van der Waals surface area (Å²) < 4.78 is 27.2. The second-order valence-corrected chi connectivity index (χ2v) is 8.42. The Bertz CT molecular complexity index is 1110. The minimum atomic E-state index is -3.68. The van der Waals surface area contributed by atoms with Crippen LogP contribution in [0.3, 0.4) is 0 Å². The summed E-state index contributed by atoms with van der Waals surface area (Å²) in [6.07, 6.45) is 5.05. The summed E-state index contributed by atoms with van der Waals surface area (Å²) in [5, 5.41) is 3.76. The fourth-order valence-electron chi connectivity index (χ4n) is 2.33. The molecule has 0 aliphatic rings. The summed E-state index contributed by atoms with van der Waals surface area (Å²) in [6, 6.07) is 11.1. The van der Waals surface area contributed by atoms with E-state index in [4.69, 9.17) is 6.42 Å². The number of rotatable bonds is 5. The number of amides is 1. The maximum absolute atomic E-state index is 12.4. The Balaban J connectivity index is 1.76. The topological polar surface area (TPSA) is 88.2 Å². The SMILES string of the molecule is C#CCNS(=O)(=O)c1ccc(C(=O)Nc2ccc3nc(C)sc3c2)cc1. The molecule has 1 aromatic heterocycles. The highest BCUT2D eigenvalue weighted by Crippen LogP contribution is 2.25. The zero-order valence-corrected chi connectivity index (χ0v) is 15.4. The Morgan fingerprint density at radius 2 is 1.96 bits per heavy atom. The molecule has 2 aromatic carbocycles. The van der Waals surface area contributed by atoms with E-state index in [-0.39, 0.29) is 17.3 Å². The number of fused-ring (bicyclic) bond motifs is 1. The summed E-state index contributed by atoms with van der Waals surface area (Å²) in [5.74, 6) is 1.88. The van der Waals surface area contributed by atoms with Crippen molar-refractivity contribution in [1.29, 1.82) is 0 Å². The first-order valence-electron chi connectivity index (χ1n) is 7.61.